The number of nitro groups is 1. The van der Waals surface area contributed by atoms with E-state index in [-0.39, 0.29) is 10.4 Å². The Balaban J connectivity index is 3.31. The lowest BCUT2D eigenvalue weighted by Gasteiger charge is -2.01. The van der Waals surface area contributed by atoms with Crippen molar-refractivity contribution in [1.82, 2.24) is 0 Å². The Morgan fingerprint density at radius 1 is 1.62 bits per heavy atom. The van der Waals surface area contributed by atoms with Crippen molar-refractivity contribution in [2.24, 2.45) is 0 Å². The summed E-state index contributed by atoms with van der Waals surface area (Å²) in [6.07, 6.45) is 0. The number of nitro benzene ring substituents is 1. The average Bonchev–Trinajstić information content (AvgIpc) is 2.09. The van der Waals surface area contributed by atoms with Crippen LogP contribution in [-0.2, 0) is 5.88 Å². The zero-order valence-electron chi connectivity index (χ0n) is 6.26. The Kier molecular flexibility index (Phi) is 3.22. The second kappa shape index (κ2) is 4.02. The first-order chi connectivity index (χ1) is 6.07. The summed E-state index contributed by atoms with van der Waals surface area (Å²) in [5, 5.41) is 10.3. The van der Waals surface area contributed by atoms with E-state index in [0.29, 0.717) is 5.56 Å². The molecular weight excluding hydrogens is 264 g/mol. The fourth-order valence-corrected chi connectivity index (χ4v) is 1.68. The molecule has 0 N–H and O–H groups in total. The van der Waals surface area contributed by atoms with E-state index in [1.807, 2.05) is 0 Å². The van der Waals surface area contributed by atoms with Crippen molar-refractivity contribution in [1.29, 1.82) is 0 Å². The van der Waals surface area contributed by atoms with Gasteiger partial charge in [0.2, 0.25) is 5.82 Å². The van der Waals surface area contributed by atoms with Crippen LogP contribution in [0.2, 0.25) is 0 Å². The van der Waals surface area contributed by atoms with Crippen molar-refractivity contribution in [2.75, 3.05) is 0 Å². The molecule has 0 heterocycles. The largest absolute Gasteiger partial charge is 0.305 e. The van der Waals surface area contributed by atoms with Crippen LogP contribution in [0.15, 0.2) is 16.6 Å². The Hall–Kier alpha value is -0.680. The van der Waals surface area contributed by atoms with Crippen molar-refractivity contribution >= 4 is 33.2 Å². The minimum Gasteiger partial charge on any atom is -0.258 e. The van der Waals surface area contributed by atoms with Gasteiger partial charge in [0.25, 0.3) is 0 Å². The highest BCUT2D eigenvalue weighted by atomic mass is 79.9. The fourth-order valence-electron chi connectivity index (χ4n) is 0.823. The second-order valence-electron chi connectivity index (χ2n) is 2.26. The zero-order chi connectivity index (χ0) is 10.0. The summed E-state index contributed by atoms with van der Waals surface area (Å²) in [6.45, 7) is 0. The van der Waals surface area contributed by atoms with E-state index in [9.17, 15) is 14.5 Å². The van der Waals surface area contributed by atoms with Gasteiger partial charge in [-0.15, -0.1) is 11.6 Å². The molecule has 0 fully saturated rings. The van der Waals surface area contributed by atoms with Crippen LogP contribution in [0.4, 0.5) is 10.1 Å². The van der Waals surface area contributed by atoms with Crippen LogP contribution in [0.3, 0.4) is 0 Å². The van der Waals surface area contributed by atoms with Gasteiger partial charge in [-0.25, -0.2) is 0 Å². The summed E-state index contributed by atoms with van der Waals surface area (Å²) < 4.78 is 13.2. The number of hydrogen-bond acceptors (Lipinski definition) is 2. The number of rotatable bonds is 2. The van der Waals surface area contributed by atoms with Gasteiger partial charge in [0.15, 0.2) is 0 Å². The first-order valence-electron chi connectivity index (χ1n) is 3.25. The fraction of sp³-hybridized carbons (Fsp3) is 0.143. The molecule has 0 saturated heterocycles. The molecule has 0 aliphatic rings. The van der Waals surface area contributed by atoms with E-state index in [4.69, 9.17) is 11.6 Å². The zero-order valence-corrected chi connectivity index (χ0v) is 8.60. The molecule has 0 bridgehead atoms. The number of halogens is 3. The molecule has 0 saturated carbocycles. The smallest absolute Gasteiger partial charge is 0.258 e. The Labute approximate surface area is 86.8 Å². The van der Waals surface area contributed by atoms with Gasteiger partial charge < -0.3 is 0 Å². The van der Waals surface area contributed by atoms with Gasteiger partial charge in [0.05, 0.1) is 9.40 Å². The molecule has 0 aromatic heterocycles. The Morgan fingerprint density at radius 3 is 2.69 bits per heavy atom. The maximum atomic E-state index is 13.2. The topological polar surface area (TPSA) is 43.1 Å². The van der Waals surface area contributed by atoms with Crippen LogP contribution in [0.25, 0.3) is 0 Å². The third kappa shape index (κ3) is 1.97. The van der Waals surface area contributed by atoms with Gasteiger partial charge in [-0.3, -0.25) is 10.1 Å². The molecule has 0 unspecified atom stereocenters. The van der Waals surface area contributed by atoms with Gasteiger partial charge in [-0.2, -0.15) is 4.39 Å². The van der Waals surface area contributed by atoms with Gasteiger partial charge in [-0.1, -0.05) is 0 Å². The standard InChI is InChI=1S/C7H4BrClFNO2/c8-6-4(3-9)1-2-5(7(6)10)11(12)13/h1-2H,3H2. The number of nitrogens with zero attached hydrogens (tertiary/aromatic N) is 1. The molecule has 1 aromatic rings. The van der Waals surface area contributed by atoms with Crippen molar-refractivity contribution in [3.63, 3.8) is 0 Å². The lowest BCUT2D eigenvalue weighted by atomic mass is 10.2. The third-order valence-electron chi connectivity index (χ3n) is 1.48. The van der Waals surface area contributed by atoms with Gasteiger partial charge >= 0.3 is 5.69 Å². The van der Waals surface area contributed by atoms with E-state index < -0.39 is 16.4 Å². The first-order valence-corrected chi connectivity index (χ1v) is 4.58. The first kappa shape index (κ1) is 10.4. The maximum Gasteiger partial charge on any atom is 0.305 e. The predicted molar refractivity (Wildman–Crippen MR) is 50.3 cm³/mol. The van der Waals surface area contributed by atoms with E-state index in [1.165, 1.54) is 6.07 Å². The number of alkyl halides is 1. The summed E-state index contributed by atoms with van der Waals surface area (Å²) in [7, 11) is 0. The minimum atomic E-state index is -0.886. The number of benzene rings is 1. The molecule has 70 valence electrons. The van der Waals surface area contributed by atoms with Crippen LogP contribution in [0, 0.1) is 15.9 Å². The lowest BCUT2D eigenvalue weighted by molar-refractivity contribution is -0.387. The molecule has 0 aliphatic carbocycles. The molecule has 0 spiro atoms. The average molecular weight is 268 g/mol. The summed E-state index contributed by atoms with van der Waals surface area (Å²) >= 11 is 8.37. The van der Waals surface area contributed by atoms with Gasteiger partial charge in [-0.05, 0) is 27.6 Å². The van der Waals surface area contributed by atoms with Gasteiger partial charge in [0, 0.05) is 11.9 Å². The van der Waals surface area contributed by atoms with E-state index >= 15 is 0 Å². The van der Waals surface area contributed by atoms with E-state index in [2.05, 4.69) is 15.9 Å². The molecule has 0 amide bonds. The highest BCUT2D eigenvalue weighted by molar-refractivity contribution is 9.10. The summed E-state index contributed by atoms with van der Waals surface area (Å²) in [5.41, 5.74) is -0.0643. The van der Waals surface area contributed by atoms with Crippen LogP contribution in [-0.4, -0.2) is 4.92 Å². The minimum absolute atomic E-state index is 0.0525. The molecular formula is C7H4BrClFNO2. The maximum absolute atomic E-state index is 13.2. The molecule has 0 aliphatic heterocycles. The van der Waals surface area contributed by atoms with Crippen molar-refractivity contribution in [3.8, 4) is 0 Å². The summed E-state index contributed by atoms with van der Waals surface area (Å²) in [5.74, 6) is -0.779. The molecule has 3 nitrogen and oxygen atoms in total. The Morgan fingerprint density at radius 2 is 2.23 bits per heavy atom. The lowest BCUT2D eigenvalue weighted by Crippen LogP contribution is -1.95. The highest BCUT2D eigenvalue weighted by Gasteiger charge is 2.18. The summed E-state index contributed by atoms with van der Waals surface area (Å²) in [4.78, 5) is 9.51. The van der Waals surface area contributed by atoms with Crippen LogP contribution in [0.5, 0.6) is 0 Å². The van der Waals surface area contributed by atoms with E-state index in [0.717, 1.165) is 6.07 Å². The van der Waals surface area contributed by atoms with Crippen LogP contribution in [0.1, 0.15) is 5.56 Å². The third-order valence-corrected chi connectivity index (χ3v) is 2.63. The molecule has 0 radical (unpaired) electrons. The normalized spacial score (nSPS) is 10.1. The quantitative estimate of drug-likeness (QED) is 0.469. The van der Waals surface area contributed by atoms with Crippen molar-refractivity contribution in [3.05, 3.63) is 38.1 Å². The van der Waals surface area contributed by atoms with Crippen molar-refractivity contribution in [2.45, 2.75) is 5.88 Å². The second-order valence-corrected chi connectivity index (χ2v) is 3.32. The SMILES string of the molecule is O=[N+]([O-])c1ccc(CCl)c(Br)c1F. The van der Waals surface area contributed by atoms with Crippen LogP contribution >= 0.6 is 27.5 Å². The van der Waals surface area contributed by atoms with Crippen LogP contribution < -0.4 is 0 Å². The van der Waals surface area contributed by atoms with Gasteiger partial charge in [0.1, 0.15) is 0 Å². The molecule has 1 aromatic carbocycles. The molecule has 13 heavy (non-hydrogen) atoms. The van der Waals surface area contributed by atoms with Crippen molar-refractivity contribution < 1.29 is 9.31 Å². The molecule has 6 heteroatoms. The predicted octanol–water partition coefficient (Wildman–Crippen LogP) is 3.24. The molecule has 1 rings (SSSR count). The number of hydrogen-bond donors (Lipinski definition) is 0. The monoisotopic (exact) mass is 267 g/mol. The highest BCUT2D eigenvalue weighted by Crippen LogP contribution is 2.29. The Bertz CT molecular complexity index is 359. The van der Waals surface area contributed by atoms with E-state index in [1.54, 1.807) is 0 Å². The summed E-state index contributed by atoms with van der Waals surface area (Å²) in [6, 6.07) is 2.51. The molecule has 0 atom stereocenters.